The van der Waals surface area contributed by atoms with E-state index in [1.54, 1.807) is 24.8 Å². The highest BCUT2D eigenvalue weighted by atomic mass is 32.2. The number of carbonyl (C=O) groups is 2. The van der Waals surface area contributed by atoms with Gasteiger partial charge in [0, 0.05) is 16.3 Å². The van der Waals surface area contributed by atoms with Gasteiger partial charge in [-0.1, -0.05) is 18.2 Å². The number of H-pyrrole nitrogens is 1. The summed E-state index contributed by atoms with van der Waals surface area (Å²) in [5.74, 6) is -0.0354. The van der Waals surface area contributed by atoms with Crippen molar-refractivity contribution in [3.05, 3.63) is 41.7 Å². The predicted molar refractivity (Wildman–Crippen MR) is 109 cm³/mol. The number of rotatable bonds is 7. The van der Waals surface area contributed by atoms with E-state index < -0.39 is 12.0 Å². The van der Waals surface area contributed by atoms with Gasteiger partial charge in [0.2, 0.25) is 0 Å². The molecule has 0 radical (unpaired) electrons. The average molecular weight is 385 g/mol. The van der Waals surface area contributed by atoms with Gasteiger partial charge in [0.25, 0.3) is 5.91 Å². The SMILES string of the molecule is CCOC(=O)[C@H](CCSC)NC(=O)c1cc2c([nH]c3ccccc32)c(C)n1. The number of nitrogens with zero attached hydrogens (tertiary/aromatic N) is 1. The number of ether oxygens (including phenoxy) is 1. The fourth-order valence-corrected chi connectivity index (χ4v) is 3.55. The average Bonchev–Trinajstić information content (AvgIpc) is 3.04. The maximum atomic E-state index is 12.8. The summed E-state index contributed by atoms with van der Waals surface area (Å²) < 4.78 is 5.09. The molecular weight excluding hydrogens is 362 g/mol. The minimum atomic E-state index is -0.675. The molecule has 0 spiro atoms. The van der Waals surface area contributed by atoms with Crippen LogP contribution in [0, 0.1) is 6.92 Å². The lowest BCUT2D eigenvalue weighted by Gasteiger charge is -2.16. The van der Waals surface area contributed by atoms with E-state index in [4.69, 9.17) is 4.74 Å². The fourth-order valence-electron chi connectivity index (χ4n) is 3.08. The van der Waals surface area contributed by atoms with Crippen molar-refractivity contribution in [1.82, 2.24) is 15.3 Å². The molecule has 0 bridgehead atoms. The Morgan fingerprint density at radius 1 is 1.30 bits per heavy atom. The van der Waals surface area contributed by atoms with Gasteiger partial charge in [-0.25, -0.2) is 9.78 Å². The highest BCUT2D eigenvalue weighted by Crippen LogP contribution is 2.27. The van der Waals surface area contributed by atoms with Gasteiger partial charge >= 0.3 is 5.97 Å². The summed E-state index contributed by atoms with van der Waals surface area (Å²) in [6.45, 7) is 3.90. The third-order valence-electron chi connectivity index (χ3n) is 4.40. The summed E-state index contributed by atoms with van der Waals surface area (Å²) in [6, 6.07) is 9.02. The largest absolute Gasteiger partial charge is 0.464 e. The first-order valence-corrected chi connectivity index (χ1v) is 10.3. The Morgan fingerprint density at radius 2 is 2.07 bits per heavy atom. The number of esters is 1. The lowest BCUT2D eigenvalue weighted by atomic mass is 10.1. The summed E-state index contributed by atoms with van der Waals surface area (Å²) in [7, 11) is 0. The molecule has 1 aromatic carbocycles. The summed E-state index contributed by atoms with van der Waals surface area (Å²) in [5, 5.41) is 4.77. The topological polar surface area (TPSA) is 84.1 Å². The predicted octanol–water partition coefficient (Wildman–Crippen LogP) is 3.44. The van der Waals surface area contributed by atoms with E-state index in [2.05, 4.69) is 15.3 Å². The zero-order valence-corrected chi connectivity index (χ0v) is 16.5. The van der Waals surface area contributed by atoms with Crippen molar-refractivity contribution in [2.75, 3.05) is 18.6 Å². The number of benzene rings is 1. The molecule has 2 N–H and O–H groups in total. The quantitative estimate of drug-likeness (QED) is 0.609. The molecule has 0 aliphatic rings. The Balaban J connectivity index is 1.92. The summed E-state index contributed by atoms with van der Waals surface area (Å²) in [6.07, 6.45) is 2.47. The maximum absolute atomic E-state index is 12.8. The van der Waals surface area contributed by atoms with E-state index in [9.17, 15) is 9.59 Å². The molecule has 0 aliphatic heterocycles. The van der Waals surface area contributed by atoms with Crippen molar-refractivity contribution >= 4 is 45.4 Å². The van der Waals surface area contributed by atoms with Crippen molar-refractivity contribution in [2.45, 2.75) is 26.3 Å². The Kier molecular flexibility index (Phi) is 6.01. The van der Waals surface area contributed by atoms with E-state index in [1.165, 1.54) is 0 Å². The van der Waals surface area contributed by atoms with Gasteiger partial charge in [0.15, 0.2) is 0 Å². The van der Waals surface area contributed by atoms with Crippen molar-refractivity contribution in [3.8, 4) is 0 Å². The van der Waals surface area contributed by atoms with E-state index in [1.807, 2.05) is 37.4 Å². The second-order valence-electron chi connectivity index (χ2n) is 6.25. The Labute approximate surface area is 162 Å². The van der Waals surface area contributed by atoms with Crippen LogP contribution in [-0.4, -0.2) is 46.5 Å². The Bertz CT molecular complexity index is 983. The van der Waals surface area contributed by atoms with E-state index in [0.29, 0.717) is 12.1 Å². The van der Waals surface area contributed by atoms with Gasteiger partial charge in [0.1, 0.15) is 11.7 Å². The maximum Gasteiger partial charge on any atom is 0.328 e. The molecular formula is C20H23N3O3S. The van der Waals surface area contributed by atoms with Crippen molar-refractivity contribution in [1.29, 1.82) is 0 Å². The first-order chi connectivity index (χ1) is 13.0. The monoisotopic (exact) mass is 385 g/mol. The van der Waals surface area contributed by atoms with Crippen LogP contribution >= 0.6 is 11.8 Å². The van der Waals surface area contributed by atoms with Gasteiger partial charge in [-0.3, -0.25) is 4.79 Å². The summed E-state index contributed by atoms with van der Waals surface area (Å²) >= 11 is 1.62. The van der Waals surface area contributed by atoms with Crippen LogP contribution in [0.4, 0.5) is 0 Å². The Morgan fingerprint density at radius 3 is 2.81 bits per heavy atom. The molecule has 2 heterocycles. The van der Waals surface area contributed by atoms with Crippen LogP contribution in [0.5, 0.6) is 0 Å². The number of pyridine rings is 1. The normalized spacial score (nSPS) is 12.3. The zero-order chi connectivity index (χ0) is 19.4. The number of aryl methyl sites for hydroxylation is 1. The number of amides is 1. The number of para-hydroxylation sites is 1. The Hall–Kier alpha value is -2.54. The molecule has 6 nitrogen and oxygen atoms in total. The van der Waals surface area contributed by atoms with Gasteiger partial charge in [-0.15, -0.1) is 0 Å². The van der Waals surface area contributed by atoms with Crippen LogP contribution in [0.25, 0.3) is 21.8 Å². The van der Waals surface area contributed by atoms with Crippen molar-refractivity contribution in [3.63, 3.8) is 0 Å². The molecule has 0 aliphatic carbocycles. The second kappa shape index (κ2) is 8.43. The van der Waals surface area contributed by atoms with Crippen molar-refractivity contribution in [2.24, 2.45) is 0 Å². The van der Waals surface area contributed by atoms with Crippen LogP contribution in [0.15, 0.2) is 30.3 Å². The first kappa shape index (κ1) is 19.2. The molecule has 142 valence electrons. The van der Waals surface area contributed by atoms with E-state index in [-0.39, 0.29) is 12.5 Å². The highest BCUT2D eigenvalue weighted by molar-refractivity contribution is 7.98. The van der Waals surface area contributed by atoms with Crippen LogP contribution in [0.2, 0.25) is 0 Å². The van der Waals surface area contributed by atoms with Crippen molar-refractivity contribution < 1.29 is 14.3 Å². The minimum absolute atomic E-state index is 0.281. The first-order valence-electron chi connectivity index (χ1n) is 8.89. The summed E-state index contributed by atoms with van der Waals surface area (Å²) in [4.78, 5) is 32.7. The molecule has 0 saturated carbocycles. The lowest BCUT2D eigenvalue weighted by Crippen LogP contribution is -2.42. The number of nitrogens with one attached hydrogen (secondary N) is 2. The molecule has 1 amide bonds. The third-order valence-corrected chi connectivity index (χ3v) is 5.04. The standard InChI is InChI=1S/C20H23N3O3S/c1-4-26-20(25)16(9-10-27-3)23-19(24)17-11-14-13-7-5-6-8-15(13)22-18(14)12(2)21-17/h5-8,11,16,22H,4,9-10H2,1-3H3,(H,23,24)/t16-/m0/s1. The number of hydrogen-bond acceptors (Lipinski definition) is 5. The lowest BCUT2D eigenvalue weighted by molar-refractivity contribution is -0.145. The molecule has 7 heteroatoms. The van der Waals surface area contributed by atoms with Crippen LogP contribution in [0.1, 0.15) is 29.5 Å². The van der Waals surface area contributed by atoms with Crippen LogP contribution in [0.3, 0.4) is 0 Å². The molecule has 1 atom stereocenters. The third kappa shape index (κ3) is 4.08. The number of carbonyl (C=O) groups excluding carboxylic acids is 2. The van der Waals surface area contributed by atoms with Crippen LogP contribution in [-0.2, 0) is 9.53 Å². The highest BCUT2D eigenvalue weighted by Gasteiger charge is 2.23. The molecule has 0 saturated heterocycles. The molecule has 27 heavy (non-hydrogen) atoms. The molecule has 2 aromatic heterocycles. The number of fused-ring (bicyclic) bond motifs is 3. The fraction of sp³-hybridized carbons (Fsp3) is 0.350. The van der Waals surface area contributed by atoms with Gasteiger partial charge in [-0.2, -0.15) is 11.8 Å². The van der Waals surface area contributed by atoms with Gasteiger partial charge in [0.05, 0.1) is 17.8 Å². The van der Waals surface area contributed by atoms with Gasteiger partial charge in [-0.05, 0) is 44.4 Å². The summed E-state index contributed by atoms with van der Waals surface area (Å²) in [5.41, 5.74) is 2.95. The zero-order valence-electron chi connectivity index (χ0n) is 15.7. The number of aromatic nitrogens is 2. The smallest absolute Gasteiger partial charge is 0.328 e. The number of aromatic amines is 1. The number of hydrogen-bond donors (Lipinski definition) is 2. The molecule has 3 aromatic rings. The van der Waals surface area contributed by atoms with Gasteiger partial charge < -0.3 is 15.0 Å². The van der Waals surface area contributed by atoms with Crippen LogP contribution < -0.4 is 5.32 Å². The molecule has 3 rings (SSSR count). The van der Waals surface area contributed by atoms with E-state index >= 15 is 0 Å². The minimum Gasteiger partial charge on any atom is -0.464 e. The second-order valence-corrected chi connectivity index (χ2v) is 7.23. The van der Waals surface area contributed by atoms with E-state index in [0.717, 1.165) is 33.3 Å². The molecule has 0 unspecified atom stereocenters. The molecule has 0 fully saturated rings. The number of thioether (sulfide) groups is 1.